The Kier molecular flexibility index (Phi) is 3.38. The lowest BCUT2D eigenvalue weighted by Gasteiger charge is -2.22. The Morgan fingerprint density at radius 1 is 1.08 bits per heavy atom. The van der Waals surface area contributed by atoms with Crippen LogP contribution < -0.4 is 19.3 Å². The molecule has 2 aromatic rings. The van der Waals surface area contributed by atoms with Crippen molar-refractivity contribution in [3.8, 4) is 11.5 Å². The number of nitrogens with zero attached hydrogens (tertiary/aromatic N) is 2. The van der Waals surface area contributed by atoms with E-state index in [-0.39, 0.29) is 30.9 Å². The van der Waals surface area contributed by atoms with Crippen molar-refractivity contribution in [2.45, 2.75) is 12.8 Å². The number of carbonyl (C=O) groups is 2. The van der Waals surface area contributed by atoms with Crippen molar-refractivity contribution < 1.29 is 19.1 Å². The zero-order chi connectivity index (χ0) is 17.7. The van der Waals surface area contributed by atoms with Gasteiger partial charge in [-0.05, 0) is 30.2 Å². The Hall–Kier alpha value is -3.02. The van der Waals surface area contributed by atoms with Crippen LogP contribution in [0.4, 0.5) is 11.4 Å². The number of rotatable bonds is 2. The molecular formula is C20H18N2O4. The lowest BCUT2D eigenvalue weighted by Crippen LogP contribution is -2.36. The second-order valence-electron chi connectivity index (χ2n) is 6.81. The molecule has 26 heavy (non-hydrogen) atoms. The molecule has 3 aliphatic rings. The summed E-state index contributed by atoms with van der Waals surface area (Å²) in [5, 5.41) is 0. The highest BCUT2D eigenvalue weighted by molar-refractivity contribution is 6.05. The van der Waals surface area contributed by atoms with Gasteiger partial charge < -0.3 is 19.3 Å². The Balaban J connectivity index is 1.36. The van der Waals surface area contributed by atoms with Crippen molar-refractivity contribution in [2.24, 2.45) is 5.92 Å². The number of para-hydroxylation sites is 1. The summed E-state index contributed by atoms with van der Waals surface area (Å²) < 4.78 is 10.7. The van der Waals surface area contributed by atoms with Crippen LogP contribution in [-0.4, -0.2) is 31.7 Å². The average molecular weight is 350 g/mol. The summed E-state index contributed by atoms with van der Waals surface area (Å²) in [7, 11) is 0. The van der Waals surface area contributed by atoms with E-state index in [1.807, 2.05) is 29.2 Å². The molecule has 0 saturated carbocycles. The summed E-state index contributed by atoms with van der Waals surface area (Å²) in [5.74, 6) is 1.00. The molecule has 0 aliphatic carbocycles. The first-order valence-electron chi connectivity index (χ1n) is 8.80. The van der Waals surface area contributed by atoms with Crippen molar-refractivity contribution in [1.82, 2.24) is 0 Å². The van der Waals surface area contributed by atoms with Gasteiger partial charge >= 0.3 is 0 Å². The molecule has 2 aromatic carbocycles. The lowest BCUT2D eigenvalue weighted by molar-refractivity contribution is -0.124. The molecule has 0 N–H and O–H groups in total. The smallest absolute Gasteiger partial charge is 0.232 e. The molecule has 1 fully saturated rings. The van der Waals surface area contributed by atoms with Gasteiger partial charge in [-0.2, -0.15) is 0 Å². The van der Waals surface area contributed by atoms with Gasteiger partial charge in [0, 0.05) is 37.0 Å². The number of carbonyl (C=O) groups excluding carboxylic acids is 2. The highest BCUT2D eigenvalue weighted by Gasteiger charge is 2.39. The fraction of sp³-hybridized carbons (Fsp3) is 0.300. The third-order valence-corrected chi connectivity index (χ3v) is 5.30. The molecule has 1 saturated heterocycles. The summed E-state index contributed by atoms with van der Waals surface area (Å²) in [5.41, 5.74) is 2.92. The third kappa shape index (κ3) is 2.33. The van der Waals surface area contributed by atoms with Crippen molar-refractivity contribution in [3.05, 3.63) is 48.0 Å². The van der Waals surface area contributed by atoms with E-state index in [0.717, 1.165) is 17.8 Å². The van der Waals surface area contributed by atoms with Crippen molar-refractivity contribution in [1.29, 1.82) is 0 Å². The first-order valence-corrected chi connectivity index (χ1v) is 8.80. The van der Waals surface area contributed by atoms with E-state index in [1.54, 1.807) is 17.0 Å². The van der Waals surface area contributed by atoms with E-state index in [9.17, 15) is 9.59 Å². The van der Waals surface area contributed by atoms with E-state index in [0.29, 0.717) is 24.6 Å². The van der Waals surface area contributed by atoms with Gasteiger partial charge in [0.15, 0.2) is 11.5 Å². The number of anilines is 2. The molecule has 1 atom stereocenters. The predicted octanol–water partition coefficient (Wildman–Crippen LogP) is 2.36. The van der Waals surface area contributed by atoms with E-state index < -0.39 is 0 Å². The highest BCUT2D eigenvalue weighted by Crippen LogP contribution is 2.38. The predicted molar refractivity (Wildman–Crippen MR) is 95.5 cm³/mol. The molecule has 3 heterocycles. The fourth-order valence-electron chi connectivity index (χ4n) is 3.96. The largest absolute Gasteiger partial charge is 0.454 e. The van der Waals surface area contributed by atoms with Gasteiger partial charge in [0.2, 0.25) is 18.6 Å². The quantitative estimate of drug-likeness (QED) is 0.834. The van der Waals surface area contributed by atoms with E-state index in [2.05, 4.69) is 6.07 Å². The van der Waals surface area contributed by atoms with Gasteiger partial charge in [-0.25, -0.2) is 0 Å². The first kappa shape index (κ1) is 15.3. The molecule has 0 aromatic heterocycles. The maximum atomic E-state index is 13.0. The molecule has 0 spiro atoms. The van der Waals surface area contributed by atoms with Crippen LogP contribution in [0.15, 0.2) is 42.5 Å². The summed E-state index contributed by atoms with van der Waals surface area (Å²) in [4.78, 5) is 29.1. The van der Waals surface area contributed by atoms with Gasteiger partial charge in [-0.1, -0.05) is 18.2 Å². The minimum Gasteiger partial charge on any atom is -0.454 e. The molecule has 6 heteroatoms. The molecule has 0 bridgehead atoms. The van der Waals surface area contributed by atoms with Crippen molar-refractivity contribution in [2.75, 3.05) is 29.7 Å². The van der Waals surface area contributed by atoms with Gasteiger partial charge in [0.25, 0.3) is 0 Å². The minimum atomic E-state index is -0.320. The molecular weight excluding hydrogens is 332 g/mol. The lowest BCUT2D eigenvalue weighted by atomic mass is 10.1. The third-order valence-electron chi connectivity index (χ3n) is 5.30. The first-order chi connectivity index (χ1) is 12.7. The van der Waals surface area contributed by atoms with Crippen LogP contribution in [0.25, 0.3) is 0 Å². The van der Waals surface area contributed by atoms with Crippen LogP contribution in [0.3, 0.4) is 0 Å². The van der Waals surface area contributed by atoms with Gasteiger partial charge in [-0.15, -0.1) is 0 Å². The molecule has 5 rings (SSSR count). The monoisotopic (exact) mass is 350 g/mol. The Labute approximate surface area is 150 Å². The second-order valence-corrected chi connectivity index (χ2v) is 6.81. The number of benzene rings is 2. The van der Waals surface area contributed by atoms with Crippen LogP contribution in [0.5, 0.6) is 11.5 Å². The highest BCUT2D eigenvalue weighted by atomic mass is 16.7. The molecule has 0 radical (unpaired) electrons. The number of amides is 2. The number of fused-ring (bicyclic) bond motifs is 2. The molecule has 1 unspecified atom stereocenters. The minimum absolute atomic E-state index is 0.0327. The molecule has 2 amide bonds. The maximum Gasteiger partial charge on any atom is 0.232 e. The summed E-state index contributed by atoms with van der Waals surface area (Å²) in [6.45, 7) is 1.28. The summed E-state index contributed by atoms with van der Waals surface area (Å²) in [6.07, 6.45) is 1.11. The van der Waals surface area contributed by atoms with Crippen LogP contribution >= 0.6 is 0 Å². The number of ether oxygens (including phenoxy) is 2. The second kappa shape index (κ2) is 5.76. The standard InChI is InChI=1S/C20H18N2O4/c23-19-9-14(20(24)21-8-7-13-3-1-2-4-16(13)21)11-22(19)15-5-6-17-18(10-15)26-12-25-17/h1-6,10,14H,7-9,11-12H2. The zero-order valence-corrected chi connectivity index (χ0v) is 14.2. The number of hydrogen-bond donors (Lipinski definition) is 0. The maximum absolute atomic E-state index is 13.0. The van der Waals surface area contributed by atoms with Crippen LogP contribution in [0.1, 0.15) is 12.0 Å². The Morgan fingerprint density at radius 2 is 1.92 bits per heavy atom. The van der Waals surface area contributed by atoms with Crippen LogP contribution in [0, 0.1) is 5.92 Å². The zero-order valence-electron chi connectivity index (χ0n) is 14.2. The fourth-order valence-corrected chi connectivity index (χ4v) is 3.96. The Bertz CT molecular complexity index is 910. The molecule has 132 valence electrons. The molecule has 3 aliphatic heterocycles. The SMILES string of the molecule is O=C1CC(C(=O)N2CCc3ccccc32)CN1c1ccc2c(c1)OCO2. The average Bonchev–Trinajstić information content (AvgIpc) is 3.38. The van der Waals surface area contributed by atoms with Gasteiger partial charge in [0.05, 0.1) is 5.92 Å². The van der Waals surface area contributed by atoms with E-state index in [4.69, 9.17) is 9.47 Å². The Morgan fingerprint density at radius 3 is 2.85 bits per heavy atom. The van der Waals surface area contributed by atoms with E-state index >= 15 is 0 Å². The van der Waals surface area contributed by atoms with Crippen LogP contribution in [-0.2, 0) is 16.0 Å². The normalized spacial score (nSPS) is 20.6. The number of hydrogen-bond acceptors (Lipinski definition) is 4. The van der Waals surface area contributed by atoms with Gasteiger partial charge in [0.1, 0.15) is 0 Å². The van der Waals surface area contributed by atoms with Gasteiger partial charge in [-0.3, -0.25) is 9.59 Å². The summed E-state index contributed by atoms with van der Waals surface area (Å²) >= 11 is 0. The van der Waals surface area contributed by atoms with E-state index in [1.165, 1.54) is 5.56 Å². The summed E-state index contributed by atoms with van der Waals surface area (Å²) in [6, 6.07) is 13.4. The molecule has 6 nitrogen and oxygen atoms in total. The van der Waals surface area contributed by atoms with Crippen molar-refractivity contribution in [3.63, 3.8) is 0 Å². The van der Waals surface area contributed by atoms with Crippen LogP contribution in [0.2, 0.25) is 0 Å². The topological polar surface area (TPSA) is 59.1 Å². The van der Waals surface area contributed by atoms with Crippen molar-refractivity contribution >= 4 is 23.2 Å².